The zero-order valence-electron chi connectivity index (χ0n) is 9.61. The van der Waals surface area contributed by atoms with Crippen LogP contribution in [0.2, 0.25) is 0 Å². The molecule has 2 unspecified atom stereocenters. The maximum atomic E-state index is 13.4. The van der Waals surface area contributed by atoms with Crippen molar-refractivity contribution in [2.24, 2.45) is 5.73 Å². The van der Waals surface area contributed by atoms with Crippen molar-refractivity contribution < 1.29 is 8.81 Å². The molecule has 1 fully saturated rings. The maximum Gasteiger partial charge on any atom is 0.134 e. The molecule has 0 bridgehead atoms. The zero-order valence-corrected chi connectivity index (χ0v) is 9.61. The van der Waals surface area contributed by atoms with Crippen LogP contribution in [0.3, 0.4) is 0 Å². The van der Waals surface area contributed by atoms with Crippen molar-refractivity contribution in [3.05, 3.63) is 47.5 Å². The van der Waals surface area contributed by atoms with E-state index in [9.17, 15) is 4.39 Å². The van der Waals surface area contributed by atoms with Crippen LogP contribution in [0.1, 0.15) is 23.7 Å². The van der Waals surface area contributed by atoms with E-state index in [0.29, 0.717) is 11.5 Å². The molecule has 2 N–H and O–H groups in total. The van der Waals surface area contributed by atoms with Crippen LogP contribution < -0.4 is 5.73 Å². The highest BCUT2D eigenvalue weighted by Crippen LogP contribution is 2.41. The van der Waals surface area contributed by atoms with E-state index < -0.39 is 0 Å². The average Bonchev–Trinajstić information content (AvgIpc) is 2.86. The SMILES string of the molecule is Cc1c(F)cccc1-c1ccc(C2CC2N)o1. The Morgan fingerprint density at radius 2 is 2.06 bits per heavy atom. The summed E-state index contributed by atoms with van der Waals surface area (Å²) in [6, 6.07) is 9.08. The third kappa shape index (κ3) is 1.76. The van der Waals surface area contributed by atoms with Crippen LogP contribution in [0.5, 0.6) is 0 Å². The number of halogens is 1. The van der Waals surface area contributed by atoms with Crippen LogP contribution in [0.15, 0.2) is 34.7 Å². The van der Waals surface area contributed by atoms with Crippen LogP contribution in [0.4, 0.5) is 4.39 Å². The number of rotatable bonds is 2. The quantitative estimate of drug-likeness (QED) is 0.862. The minimum absolute atomic E-state index is 0.205. The van der Waals surface area contributed by atoms with E-state index in [1.807, 2.05) is 18.2 Å². The molecule has 17 heavy (non-hydrogen) atoms. The van der Waals surface area contributed by atoms with Gasteiger partial charge in [0, 0.05) is 17.5 Å². The lowest BCUT2D eigenvalue weighted by molar-refractivity contribution is 0.521. The lowest BCUT2D eigenvalue weighted by Gasteiger charge is -2.03. The van der Waals surface area contributed by atoms with Crippen LogP contribution in [-0.2, 0) is 0 Å². The molecule has 0 radical (unpaired) electrons. The number of furan rings is 1. The largest absolute Gasteiger partial charge is 0.461 e. The molecular formula is C14H14FNO. The molecule has 1 aromatic heterocycles. The first-order chi connectivity index (χ1) is 8.16. The van der Waals surface area contributed by atoms with E-state index in [0.717, 1.165) is 23.5 Å². The van der Waals surface area contributed by atoms with Gasteiger partial charge in [-0.25, -0.2) is 4.39 Å². The zero-order chi connectivity index (χ0) is 12.0. The van der Waals surface area contributed by atoms with Gasteiger partial charge in [-0.15, -0.1) is 0 Å². The predicted molar refractivity (Wildman–Crippen MR) is 64.2 cm³/mol. The second-order valence-corrected chi connectivity index (χ2v) is 4.62. The molecule has 0 amide bonds. The minimum atomic E-state index is -0.205. The molecule has 2 nitrogen and oxygen atoms in total. The Labute approximate surface area is 99.2 Å². The van der Waals surface area contributed by atoms with Gasteiger partial charge in [-0.2, -0.15) is 0 Å². The molecule has 3 rings (SSSR count). The normalized spacial score (nSPS) is 22.8. The number of benzene rings is 1. The van der Waals surface area contributed by atoms with Crippen LogP contribution in [0, 0.1) is 12.7 Å². The number of hydrogen-bond donors (Lipinski definition) is 1. The second kappa shape index (κ2) is 3.70. The Morgan fingerprint density at radius 1 is 1.29 bits per heavy atom. The van der Waals surface area contributed by atoms with Gasteiger partial charge in [0.15, 0.2) is 0 Å². The molecule has 3 heteroatoms. The van der Waals surface area contributed by atoms with Crippen molar-refractivity contribution in [3.8, 4) is 11.3 Å². The van der Waals surface area contributed by atoms with Crippen molar-refractivity contribution in [2.45, 2.75) is 25.3 Å². The van der Waals surface area contributed by atoms with E-state index >= 15 is 0 Å². The van der Waals surface area contributed by atoms with Gasteiger partial charge in [-0.1, -0.05) is 12.1 Å². The highest BCUT2D eigenvalue weighted by Gasteiger charge is 2.37. The van der Waals surface area contributed by atoms with Crippen molar-refractivity contribution in [1.82, 2.24) is 0 Å². The van der Waals surface area contributed by atoms with E-state index in [2.05, 4.69) is 0 Å². The smallest absolute Gasteiger partial charge is 0.134 e. The first-order valence-corrected chi connectivity index (χ1v) is 5.77. The topological polar surface area (TPSA) is 39.2 Å². The van der Waals surface area contributed by atoms with Crippen molar-refractivity contribution in [3.63, 3.8) is 0 Å². The van der Waals surface area contributed by atoms with Gasteiger partial charge in [0.1, 0.15) is 17.3 Å². The lowest BCUT2D eigenvalue weighted by Crippen LogP contribution is -2.00. The number of hydrogen-bond acceptors (Lipinski definition) is 2. The minimum Gasteiger partial charge on any atom is -0.461 e. The van der Waals surface area contributed by atoms with E-state index in [-0.39, 0.29) is 11.9 Å². The summed E-state index contributed by atoms with van der Waals surface area (Å²) in [5, 5.41) is 0. The monoisotopic (exact) mass is 231 g/mol. The fourth-order valence-corrected chi connectivity index (χ4v) is 2.11. The van der Waals surface area contributed by atoms with Gasteiger partial charge in [0.2, 0.25) is 0 Å². The summed E-state index contributed by atoms with van der Waals surface area (Å²) in [6.07, 6.45) is 0.981. The fourth-order valence-electron chi connectivity index (χ4n) is 2.11. The Kier molecular flexibility index (Phi) is 2.30. The summed E-state index contributed by atoms with van der Waals surface area (Å²) in [5.74, 6) is 1.77. The molecular weight excluding hydrogens is 217 g/mol. The van der Waals surface area contributed by atoms with Crippen LogP contribution in [-0.4, -0.2) is 6.04 Å². The van der Waals surface area contributed by atoms with E-state index in [1.165, 1.54) is 6.07 Å². The van der Waals surface area contributed by atoms with Crippen LogP contribution in [0.25, 0.3) is 11.3 Å². The van der Waals surface area contributed by atoms with E-state index in [1.54, 1.807) is 13.0 Å². The summed E-state index contributed by atoms with van der Waals surface area (Å²) in [5.41, 5.74) is 7.21. The first-order valence-electron chi connectivity index (χ1n) is 5.77. The van der Waals surface area contributed by atoms with Gasteiger partial charge in [0.25, 0.3) is 0 Å². The molecule has 0 aliphatic heterocycles. The van der Waals surface area contributed by atoms with Gasteiger partial charge in [-0.3, -0.25) is 0 Å². The highest BCUT2D eigenvalue weighted by molar-refractivity contribution is 5.62. The van der Waals surface area contributed by atoms with Gasteiger partial charge < -0.3 is 10.2 Å². The Bertz CT molecular complexity index is 561. The maximum absolute atomic E-state index is 13.4. The Morgan fingerprint density at radius 3 is 2.76 bits per heavy atom. The molecule has 88 valence electrons. The fraction of sp³-hybridized carbons (Fsp3) is 0.286. The summed E-state index contributed by atoms with van der Waals surface area (Å²) in [6.45, 7) is 1.76. The van der Waals surface area contributed by atoms with Gasteiger partial charge in [-0.05, 0) is 37.1 Å². The highest BCUT2D eigenvalue weighted by atomic mass is 19.1. The molecule has 2 aromatic rings. The van der Waals surface area contributed by atoms with Gasteiger partial charge >= 0.3 is 0 Å². The molecule has 1 saturated carbocycles. The summed E-state index contributed by atoms with van der Waals surface area (Å²) in [7, 11) is 0. The van der Waals surface area contributed by atoms with Crippen molar-refractivity contribution in [2.75, 3.05) is 0 Å². The predicted octanol–water partition coefficient (Wildman–Crippen LogP) is 3.21. The molecule has 1 aliphatic rings. The second-order valence-electron chi connectivity index (χ2n) is 4.62. The van der Waals surface area contributed by atoms with Crippen LogP contribution >= 0.6 is 0 Å². The molecule has 1 aromatic carbocycles. The Balaban J connectivity index is 1.98. The average molecular weight is 231 g/mol. The summed E-state index contributed by atoms with van der Waals surface area (Å²) in [4.78, 5) is 0. The lowest BCUT2D eigenvalue weighted by atomic mass is 10.1. The third-order valence-corrected chi connectivity index (χ3v) is 3.37. The molecule has 0 saturated heterocycles. The van der Waals surface area contributed by atoms with Gasteiger partial charge in [0.05, 0.1) is 0 Å². The number of nitrogens with two attached hydrogens (primary N) is 1. The summed E-state index contributed by atoms with van der Waals surface area (Å²) >= 11 is 0. The molecule has 1 aliphatic carbocycles. The van der Waals surface area contributed by atoms with E-state index in [4.69, 9.17) is 10.2 Å². The summed E-state index contributed by atoms with van der Waals surface area (Å²) < 4.78 is 19.2. The Hall–Kier alpha value is -1.61. The molecule has 0 spiro atoms. The molecule has 1 heterocycles. The van der Waals surface area contributed by atoms with Crippen molar-refractivity contribution in [1.29, 1.82) is 0 Å². The first kappa shape index (κ1) is 10.5. The molecule has 2 atom stereocenters. The standard InChI is InChI=1S/C14H14FNO/c1-8-9(3-2-4-11(8)15)13-5-6-14(17-13)10-7-12(10)16/h2-6,10,12H,7,16H2,1H3. The van der Waals surface area contributed by atoms with Crippen molar-refractivity contribution >= 4 is 0 Å². The third-order valence-electron chi connectivity index (χ3n) is 3.37.